The van der Waals surface area contributed by atoms with E-state index in [1.165, 1.54) is 16.8 Å². The van der Waals surface area contributed by atoms with Gasteiger partial charge in [-0.1, -0.05) is 24.3 Å². The van der Waals surface area contributed by atoms with Crippen LogP contribution in [0.2, 0.25) is 0 Å². The van der Waals surface area contributed by atoms with Crippen LogP contribution in [0.25, 0.3) is 11.1 Å². The Kier molecular flexibility index (Phi) is 4.31. The van der Waals surface area contributed by atoms with Crippen LogP contribution < -0.4 is 4.90 Å². The highest BCUT2D eigenvalue weighted by molar-refractivity contribution is 7.98. The van der Waals surface area contributed by atoms with Crippen molar-refractivity contribution in [2.24, 2.45) is 0 Å². The van der Waals surface area contributed by atoms with Gasteiger partial charge in [-0.3, -0.25) is 4.79 Å². The summed E-state index contributed by atoms with van der Waals surface area (Å²) in [6.07, 6.45) is 0.955. The van der Waals surface area contributed by atoms with E-state index in [0.29, 0.717) is 24.7 Å². The molecule has 2 aromatic carbocycles. The van der Waals surface area contributed by atoms with Gasteiger partial charge in [0.1, 0.15) is 0 Å². The van der Waals surface area contributed by atoms with Crippen LogP contribution in [-0.4, -0.2) is 53.8 Å². The molecule has 0 bridgehead atoms. The molecule has 2 atom stereocenters. The van der Waals surface area contributed by atoms with Gasteiger partial charge in [0.25, 0.3) is 0 Å². The molecule has 0 saturated carbocycles. The average Bonchev–Trinajstić information content (AvgIpc) is 2.88. The Morgan fingerprint density at radius 1 is 1.21 bits per heavy atom. The maximum atomic E-state index is 11.6. The van der Waals surface area contributed by atoms with E-state index in [4.69, 9.17) is 0 Å². The number of hydrogen-bond donors (Lipinski definition) is 1. The minimum atomic E-state index is -0.830. The van der Waals surface area contributed by atoms with E-state index >= 15 is 0 Å². The molecule has 0 aliphatic carbocycles. The van der Waals surface area contributed by atoms with Gasteiger partial charge in [0.05, 0.1) is 0 Å². The number of amides is 1. The minimum absolute atomic E-state index is 0.199. The van der Waals surface area contributed by atoms with E-state index in [-0.39, 0.29) is 5.92 Å². The Morgan fingerprint density at radius 2 is 2.07 bits per heavy atom. The van der Waals surface area contributed by atoms with Gasteiger partial charge in [-0.25, -0.2) is 4.79 Å². The molecule has 1 N–H and O–H groups in total. The number of aldehydes is 1. The van der Waals surface area contributed by atoms with Crippen LogP contribution in [0.15, 0.2) is 36.4 Å². The van der Waals surface area contributed by atoms with Crippen molar-refractivity contribution < 1.29 is 14.7 Å². The van der Waals surface area contributed by atoms with Crippen LogP contribution in [-0.2, 0) is 5.75 Å². The number of piperidine rings is 1. The zero-order valence-corrected chi connectivity index (χ0v) is 16.3. The number of hydrogen-bond acceptors (Lipinski definition) is 4. The van der Waals surface area contributed by atoms with Crippen molar-refractivity contribution in [2.75, 3.05) is 30.3 Å². The number of benzene rings is 2. The number of likely N-dealkylation sites (tertiary alicyclic amines) is 1. The fourth-order valence-corrected chi connectivity index (χ4v) is 5.97. The summed E-state index contributed by atoms with van der Waals surface area (Å²) in [5, 5.41) is 9.51. The van der Waals surface area contributed by atoms with Gasteiger partial charge in [-0.2, -0.15) is 11.8 Å². The monoisotopic (exact) mass is 394 g/mol. The normalized spacial score (nSPS) is 23.0. The SMILES string of the molecule is O=Cc1ccccc1-c1cc2c3c(c1)[C@@H]1CN(C(=O)O)CC[C@@H]1N3CCSC2. The van der Waals surface area contributed by atoms with Crippen molar-refractivity contribution in [3.05, 3.63) is 53.1 Å². The lowest BCUT2D eigenvalue weighted by atomic mass is 9.86. The molecule has 5 rings (SSSR count). The second-order valence-electron chi connectivity index (χ2n) is 7.72. The number of fused-ring (bicyclic) bond motifs is 3. The maximum absolute atomic E-state index is 11.6. The predicted octanol–water partition coefficient (Wildman–Crippen LogP) is 4.07. The van der Waals surface area contributed by atoms with Crippen molar-refractivity contribution in [3.63, 3.8) is 0 Å². The zero-order valence-electron chi connectivity index (χ0n) is 15.5. The molecule has 0 radical (unpaired) electrons. The fraction of sp³-hybridized carbons (Fsp3) is 0.364. The maximum Gasteiger partial charge on any atom is 0.407 e. The molecule has 144 valence electrons. The van der Waals surface area contributed by atoms with E-state index in [1.807, 2.05) is 36.0 Å². The molecular weight excluding hydrogens is 372 g/mol. The number of carboxylic acid groups (broad SMARTS) is 1. The first-order valence-corrected chi connectivity index (χ1v) is 10.9. The van der Waals surface area contributed by atoms with E-state index in [9.17, 15) is 14.7 Å². The first kappa shape index (κ1) is 17.6. The second kappa shape index (κ2) is 6.85. The summed E-state index contributed by atoms with van der Waals surface area (Å²) in [5.41, 5.74) is 6.59. The molecule has 3 aliphatic heterocycles. The largest absolute Gasteiger partial charge is 0.465 e. The third kappa shape index (κ3) is 2.70. The number of anilines is 1. The lowest BCUT2D eigenvalue weighted by Gasteiger charge is -2.37. The number of thioether (sulfide) groups is 1. The second-order valence-corrected chi connectivity index (χ2v) is 8.82. The number of rotatable bonds is 2. The van der Waals surface area contributed by atoms with Crippen molar-refractivity contribution >= 4 is 29.8 Å². The van der Waals surface area contributed by atoms with Gasteiger partial charge < -0.3 is 14.9 Å². The molecule has 2 aromatic rings. The number of carbonyl (C=O) groups is 2. The molecule has 6 heteroatoms. The summed E-state index contributed by atoms with van der Waals surface area (Å²) in [4.78, 5) is 27.2. The first-order valence-electron chi connectivity index (χ1n) is 9.71. The van der Waals surface area contributed by atoms with Crippen LogP contribution in [0.4, 0.5) is 10.5 Å². The highest BCUT2D eigenvalue weighted by Gasteiger charge is 2.44. The van der Waals surface area contributed by atoms with Crippen LogP contribution >= 0.6 is 11.8 Å². The minimum Gasteiger partial charge on any atom is -0.465 e. The summed E-state index contributed by atoms with van der Waals surface area (Å²) in [7, 11) is 0. The van der Waals surface area contributed by atoms with E-state index in [2.05, 4.69) is 17.0 Å². The molecule has 1 fully saturated rings. The fourth-order valence-electron chi connectivity index (χ4n) is 5.06. The van der Waals surface area contributed by atoms with E-state index in [1.54, 1.807) is 4.90 Å². The molecule has 3 aliphatic rings. The van der Waals surface area contributed by atoms with Crippen LogP contribution in [0.5, 0.6) is 0 Å². The Bertz CT molecular complexity index is 961. The topological polar surface area (TPSA) is 60.9 Å². The molecule has 28 heavy (non-hydrogen) atoms. The van der Waals surface area contributed by atoms with Gasteiger partial charge in [0.2, 0.25) is 0 Å². The van der Waals surface area contributed by atoms with Gasteiger partial charge in [0, 0.05) is 54.4 Å². The Balaban J connectivity index is 1.66. The third-order valence-electron chi connectivity index (χ3n) is 6.29. The standard InChI is InChI=1S/C22H22N2O3S/c25-12-14-3-1-2-4-17(14)15-9-16-13-28-8-7-24-20-5-6-23(22(26)27)11-19(20)18(10-15)21(16)24/h1-4,9-10,12,19-20H,5-8,11,13H2,(H,26,27)/t19-,20-/m0/s1. The van der Waals surface area contributed by atoms with Crippen molar-refractivity contribution in [3.8, 4) is 11.1 Å². The number of carbonyl (C=O) groups excluding carboxylic acids is 1. The summed E-state index contributed by atoms with van der Waals surface area (Å²) in [6.45, 7) is 2.17. The summed E-state index contributed by atoms with van der Waals surface area (Å²) < 4.78 is 0. The molecule has 0 unspecified atom stereocenters. The molecule has 1 amide bonds. The van der Waals surface area contributed by atoms with E-state index < -0.39 is 6.09 Å². The molecule has 5 nitrogen and oxygen atoms in total. The zero-order chi connectivity index (χ0) is 19.3. The molecular formula is C22H22N2O3S. The van der Waals surface area contributed by atoms with Gasteiger partial charge in [-0.05, 0) is 40.8 Å². The lowest BCUT2D eigenvalue weighted by molar-refractivity contribution is 0.112. The quantitative estimate of drug-likeness (QED) is 0.778. The summed E-state index contributed by atoms with van der Waals surface area (Å²) in [6, 6.07) is 12.5. The van der Waals surface area contributed by atoms with Crippen LogP contribution in [0.1, 0.15) is 33.8 Å². The summed E-state index contributed by atoms with van der Waals surface area (Å²) in [5.74, 6) is 2.24. The van der Waals surface area contributed by atoms with Crippen molar-refractivity contribution in [1.29, 1.82) is 0 Å². The van der Waals surface area contributed by atoms with Gasteiger partial charge >= 0.3 is 6.09 Å². The third-order valence-corrected chi connectivity index (χ3v) is 7.27. The van der Waals surface area contributed by atoms with E-state index in [0.717, 1.165) is 41.9 Å². The van der Waals surface area contributed by atoms with Crippen LogP contribution in [0.3, 0.4) is 0 Å². The molecule has 0 spiro atoms. The smallest absolute Gasteiger partial charge is 0.407 e. The summed E-state index contributed by atoms with van der Waals surface area (Å²) >= 11 is 1.95. The number of nitrogens with zero attached hydrogens (tertiary/aromatic N) is 2. The van der Waals surface area contributed by atoms with Crippen molar-refractivity contribution in [1.82, 2.24) is 4.90 Å². The van der Waals surface area contributed by atoms with Crippen LogP contribution in [0, 0.1) is 0 Å². The van der Waals surface area contributed by atoms with Crippen molar-refractivity contribution in [2.45, 2.75) is 24.1 Å². The first-order chi connectivity index (χ1) is 13.7. The highest BCUT2D eigenvalue weighted by atomic mass is 32.2. The lowest BCUT2D eigenvalue weighted by Crippen LogP contribution is -2.48. The van der Waals surface area contributed by atoms with Gasteiger partial charge in [0.15, 0.2) is 6.29 Å². The Hall–Kier alpha value is -2.47. The average molecular weight is 394 g/mol. The molecule has 3 heterocycles. The Morgan fingerprint density at radius 3 is 2.89 bits per heavy atom. The molecule has 1 saturated heterocycles. The highest BCUT2D eigenvalue weighted by Crippen LogP contribution is 2.50. The molecule has 0 aromatic heterocycles. The Labute approximate surface area is 168 Å². The van der Waals surface area contributed by atoms with Gasteiger partial charge in [-0.15, -0.1) is 0 Å². The predicted molar refractivity (Wildman–Crippen MR) is 112 cm³/mol.